The van der Waals surface area contributed by atoms with Gasteiger partial charge in [-0.25, -0.2) is 5.01 Å². The second-order valence-electron chi connectivity index (χ2n) is 6.01. The van der Waals surface area contributed by atoms with Crippen molar-refractivity contribution in [2.45, 2.75) is 26.3 Å². The molecule has 3 rings (SSSR count). The Hall–Kier alpha value is -2.82. The number of amides is 1. The average molecular weight is 323 g/mol. The summed E-state index contributed by atoms with van der Waals surface area (Å²) in [6, 6.07) is 13.4. The van der Waals surface area contributed by atoms with Gasteiger partial charge in [0.2, 0.25) is 5.91 Å². The number of rotatable bonds is 2. The molecule has 0 saturated heterocycles. The number of nitrogens with zero attached hydrogens (tertiary/aromatic N) is 2. The average Bonchev–Trinajstić information content (AvgIpc) is 2.71. The van der Waals surface area contributed by atoms with Crippen molar-refractivity contribution >= 4 is 17.3 Å². The number of benzene rings is 2. The van der Waals surface area contributed by atoms with Gasteiger partial charge in [-0.15, -0.1) is 0 Å². The van der Waals surface area contributed by atoms with E-state index in [1.165, 1.54) is 6.92 Å². The first-order valence-electron chi connectivity index (χ1n) is 7.91. The van der Waals surface area contributed by atoms with E-state index in [9.17, 15) is 4.79 Å². The number of ether oxygens (including phenoxy) is 1. The Morgan fingerprint density at radius 1 is 1.25 bits per heavy atom. The molecule has 1 atom stereocenters. The van der Waals surface area contributed by atoms with E-state index in [-0.39, 0.29) is 11.9 Å². The second-order valence-corrected chi connectivity index (χ2v) is 6.01. The third-order valence-corrected chi connectivity index (χ3v) is 4.21. The summed E-state index contributed by atoms with van der Waals surface area (Å²) < 4.78 is 5.35. The summed E-state index contributed by atoms with van der Waals surface area (Å²) in [6.07, 6.45) is 0.716. The fourth-order valence-corrected chi connectivity index (χ4v) is 3.00. The van der Waals surface area contributed by atoms with Crippen LogP contribution in [0.1, 0.15) is 30.5 Å². The second kappa shape index (κ2) is 6.35. The van der Waals surface area contributed by atoms with Crippen molar-refractivity contribution in [1.82, 2.24) is 5.01 Å². The van der Waals surface area contributed by atoms with Crippen molar-refractivity contribution in [2.24, 2.45) is 5.10 Å². The van der Waals surface area contributed by atoms with E-state index >= 15 is 0 Å². The highest BCUT2D eigenvalue weighted by Gasteiger charge is 2.25. The molecule has 1 heterocycles. The minimum Gasteiger partial charge on any atom is -0.497 e. The highest BCUT2D eigenvalue weighted by atomic mass is 16.5. The number of hydrazone groups is 1. The predicted octanol–water partition coefficient (Wildman–Crippen LogP) is 2.82. The molecule has 124 valence electrons. The van der Waals surface area contributed by atoms with Crippen LogP contribution in [0, 0.1) is 0 Å². The monoisotopic (exact) mass is 323 g/mol. The Kier molecular flexibility index (Phi) is 4.25. The molecule has 1 amide bonds. The van der Waals surface area contributed by atoms with Crippen LogP contribution in [0.2, 0.25) is 0 Å². The summed E-state index contributed by atoms with van der Waals surface area (Å²) in [4.78, 5) is 12.0. The van der Waals surface area contributed by atoms with Gasteiger partial charge in [0.1, 0.15) is 5.75 Å². The molecule has 2 aromatic carbocycles. The number of hydrogen-bond donors (Lipinski definition) is 1. The zero-order valence-corrected chi connectivity index (χ0v) is 14.1. The zero-order valence-electron chi connectivity index (χ0n) is 14.1. The molecule has 1 aliphatic rings. The molecule has 5 nitrogen and oxygen atoms in total. The third kappa shape index (κ3) is 2.97. The SMILES string of the molecule is COc1ccc2c(c1)CC(C)N(C(C)=O)N=C2c1ccc(N)cc1. The number of carbonyl (C=O) groups is 1. The molecule has 24 heavy (non-hydrogen) atoms. The van der Waals surface area contributed by atoms with Gasteiger partial charge in [-0.05, 0) is 49.2 Å². The molecule has 0 saturated carbocycles. The van der Waals surface area contributed by atoms with Gasteiger partial charge in [0.25, 0.3) is 0 Å². The largest absolute Gasteiger partial charge is 0.497 e. The Morgan fingerprint density at radius 2 is 1.96 bits per heavy atom. The van der Waals surface area contributed by atoms with Crippen LogP contribution in [-0.4, -0.2) is 29.8 Å². The summed E-state index contributed by atoms with van der Waals surface area (Å²) in [5, 5.41) is 6.23. The van der Waals surface area contributed by atoms with Crippen molar-refractivity contribution in [3.8, 4) is 5.75 Å². The summed E-state index contributed by atoms with van der Waals surface area (Å²) in [7, 11) is 1.65. The molecule has 5 heteroatoms. The molecule has 2 N–H and O–H groups in total. The van der Waals surface area contributed by atoms with Crippen LogP contribution < -0.4 is 10.5 Å². The van der Waals surface area contributed by atoms with E-state index < -0.39 is 0 Å². The van der Waals surface area contributed by atoms with E-state index in [1.807, 2.05) is 49.4 Å². The number of anilines is 1. The van der Waals surface area contributed by atoms with E-state index in [4.69, 9.17) is 10.5 Å². The van der Waals surface area contributed by atoms with E-state index in [0.29, 0.717) is 12.1 Å². The molecule has 1 unspecified atom stereocenters. The quantitative estimate of drug-likeness (QED) is 0.864. The molecule has 0 aliphatic carbocycles. The topological polar surface area (TPSA) is 67.9 Å². The van der Waals surface area contributed by atoms with Crippen LogP contribution in [-0.2, 0) is 11.2 Å². The van der Waals surface area contributed by atoms with Crippen LogP contribution in [0.5, 0.6) is 5.75 Å². The molecule has 1 aliphatic heterocycles. The standard InChI is InChI=1S/C19H21N3O2/c1-12-10-15-11-17(24-3)8-9-18(15)19(21-22(12)13(2)23)14-4-6-16(20)7-5-14/h4-9,11-12H,10,20H2,1-3H3. The van der Waals surface area contributed by atoms with Gasteiger partial charge in [-0.3, -0.25) is 4.79 Å². The molecule has 0 aromatic heterocycles. The van der Waals surface area contributed by atoms with Gasteiger partial charge in [-0.1, -0.05) is 12.1 Å². The zero-order chi connectivity index (χ0) is 17.3. The van der Waals surface area contributed by atoms with E-state index in [0.717, 1.165) is 28.2 Å². The van der Waals surface area contributed by atoms with Gasteiger partial charge < -0.3 is 10.5 Å². The maximum Gasteiger partial charge on any atom is 0.239 e. The van der Waals surface area contributed by atoms with E-state index in [1.54, 1.807) is 12.1 Å². The van der Waals surface area contributed by atoms with Gasteiger partial charge in [0, 0.05) is 23.7 Å². The maximum absolute atomic E-state index is 12.0. The highest BCUT2D eigenvalue weighted by Crippen LogP contribution is 2.27. The number of carbonyl (C=O) groups excluding carboxylic acids is 1. The number of nitrogens with two attached hydrogens (primary N) is 1. The minimum atomic E-state index is -0.0739. The summed E-state index contributed by atoms with van der Waals surface area (Å²) in [5.74, 6) is 0.726. The smallest absolute Gasteiger partial charge is 0.239 e. The first kappa shape index (κ1) is 16.1. The van der Waals surface area contributed by atoms with Crippen molar-refractivity contribution in [1.29, 1.82) is 0 Å². The Morgan fingerprint density at radius 3 is 2.58 bits per heavy atom. The Bertz CT molecular complexity index is 797. The predicted molar refractivity (Wildman–Crippen MR) is 95.2 cm³/mol. The lowest BCUT2D eigenvalue weighted by Crippen LogP contribution is -2.33. The molecule has 0 spiro atoms. The highest BCUT2D eigenvalue weighted by molar-refractivity contribution is 6.14. The summed E-state index contributed by atoms with van der Waals surface area (Å²) in [5.41, 5.74) is 10.3. The third-order valence-electron chi connectivity index (χ3n) is 4.21. The first-order chi connectivity index (χ1) is 11.5. The van der Waals surface area contributed by atoms with Crippen LogP contribution >= 0.6 is 0 Å². The molecule has 0 fully saturated rings. The van der Waals surface area contributed by atoms with Gasteiger partial charge >= 0.3 is 0 Å². The minimum absolute atomic E-state index is 0.0281. The van der Waals surface area contributed by atoms with Crippen molar-refractivity contribution in [2.75, 3.05) is 12.8 Å². The van der Waals surface area contributed by atoms with Crippen molar-refractivity contribution in [3.63, 3.8) is 0 Å². The molecule has 0 radical (unpaired) electrons. The van der Waals surface area contributed by atoms with Crippen LogP contribution in [0.4, 0.5) is 5.69 Å². The fraction of sp³-hybridized carbons (Fsp3) is 0.263. The number of hydrogen-bond acceptors (Lipinski definition) is 4. The molecular weight excluding hydrogens is 302 g/mol. The first-order valence-corrected chi connectivity index (χ1v) is 7.91. The van der Waals surface area contributed by atoms with Gasteiger partial charge in [-0.2, -0.15) is 5.10 Å². The van der Waals surface area contributed by atoms with Crippen molar-refractivity contribution < 1.29 is 9.53 Å². The lowest BCUT2D eigenvalue weighted by molar-refractivity contribution is -0.130. The normalized spacial score (nSPS) is 16.9. The Balaban J connectivity index is 2.19. The summed E-state index contributed by atoms with van der Waals surface area (Å²) >= 11 is 0. The molecule has 2 aromatic rings. The van der Waals surface area contributed by atoms with Crippen LogP contribution in [0.15, 0.2) is 47.6 Å². The fourth-order valence-electron chi connectivity index (χ4n) is 3.00. The van der Waals surface area contributed by atoms with Gasteiger partial charge in [0.05, 0.1) is 18.9 Å². The van der Waals surface area contributed by atoms with Gasteiger partial charge in [0.15, 0.2) is 0 Å². The summed E-state index contributed by atoms with van der Waals surface area (Å²) in [6.45, 7) is 3.54. The maximum atomic E-state index is 12.0. The molecule has 0 bridgehead atoms. The number of nitrogen functional groups attached to an aromatic ring is 1. The lowest BCUT2D eigenvalue weighted by Gasteiger charge is -2.21. The van der Waals surface area contributed by atoms with Crippen LogP contribution in [0.25, 0.3) is 0 Å². The van der Waals surface area contributed by atoms with Crippen molar-refractivity contribution in [3.05, 3.63) is 59.2 Å². The van der Waals surface area contributed by atoms with Crippen LogP contribution in [0.3, 0.4) is 0 Å². The van der Waals surface area contributed by atoms with E-state index in [2.05, 4.69) is 5.10 Å². The lowest BCUT2D eigenvalue weighted by atomic mass is 9.94. The number of fused-ring (bicyclic) bond motifs is 1. The number of methoxy groups -OCH3 is 1. The Labute approximate surface area is 141 Å². The molecular formula is C19H21N3O2.